The van der Waals surface area contributed by atoms with Crippen LogP contribution in [0.4, 0.5) is 4.39 Å². The van der Waals surface area contributed by atoms with Crippen molar-refractivity contribution in [2.75, 3.05) is 20.6 Å². The predicted octanol–water partition coefficient (Wildman–Crippen LogP) is 7.37. The minimum atomic E-state index is -0.815. The van der Waals surface area contributed by atoms with E-state index in [1.54, 1.807) is 29.5 Å². The van der Waals surface area contributed by atoms with Gasteiger partial charge in [0.1, 0.15) is 16.5 Å². The Morgan fingerprint density at radius 3 is 2.33 bits per heavy atom. The molecule has 2 amide bonds. The Morgan fingerprint density at radius 1 is 1.02 bits per heavy atom. The number of carbonyl (C=O) groups excluding carboxylic acids is 4. The number of nitrogens with zero attached hydrogens (tertiary/aromatic N) is 3. The number of carbonyl (C=O) groups is 4. The minimum Gasteiger partial charge on any atom is -0.455 e. The van der Waals surface area contributed by atoms with Crippen LogP contribution in [0, 0.1) is 17.7 Å². The first-order valence-corrected chi connectivity index (χ1v) is 19.3. The fraction of sp³-hybridized carbons (Fsp3) is 0.537. The zero-order valence-corrected chi connectivity index (χ0v) is 32.5. The number of likely N-dealkylation sites (tertiary alicyclic amines) is 1. The Balaban J connectivity index is 1.55. The maximum atomic E-state index is 14.4. The van der Waals surface area contributed by atoms with Crippen LogP contribution in [0.25, 0.3) is 0 Å². The molecule has 1 fully saturated rings. The van der Waals surface area contributed by atoms with E-state index in [1.807, 2.05) is 51.2 Å². The summed E-state index contributed by atoms with van der Waals surface area (Å²) in [5.74, 6) is -2.02. The second kappa shape index (κ2) is 19.2. The van der Waals surface area contributed by atoms with Gasteiger partial charge in [-0.25, -0.2) is 9.37 Å². The van der Waals surface area contributed by atoms with E-state index in [0.29, 0.717) is 22.9 Å². The highest BCUT2D eigenvalue weighted by molar-refractivity contribution is 7.09. The molecule has 1 aliphatic rings. The van der Waals surface area contributed by atoms with E-state index in [-0.39, 0.29) is 54.1 Å². The summed E-state index contributed by atoms with van der Waals surface area (Å²) in [5.41, 5.74) is 1.95. The number of ketones is 1. The molecule has 4 rings (SSSR count). The van der Waals surface area contributed by atoms with Gasteiger partial charge in [-0.05, 0) is 74.4 Å². The van der Waals surface area contributed by atoms with Crippen LogP contribution in [0.5, 0.6) is 0 Å². The number of rotatable bonds is 17. The third-order valence-corrected chi connectivity index (χ3v) is 10.9. The first-order chi connectivity index (χ1) is 24.7. The molecule has 5 atom stereocenters. The number of Topliss-reactive ketones (excluding diaryl/α,β-unsaturated/α-hetero) is 1. The lowest BCUT2D eigenvalue weighted by Crippen LogP contribution is -2.46. The summed E-state index contributed by atoms with van der Waals surface area (Å²) in [4.78, 5) is 62.3. The van der Waals surface area contributed by atoms with Crippen molar-refractivity contribution < 1.29 is 28.3 Å². The van der Waals surface area contributed by atoms with Gasteiger partial charge in [-0.2, -0.15) is 0 Å². The number of amides is 2. The SMILES string of the molecule is CC(=O)O[C@H](C[C@H](C(C)C)N(C)C(=O)C(CC(=O)[C@H]1CCCCN1C)c1ccc(F)cc1)c1nc(C(=O)N[C@@H](Cc2ccccc2)CC(C)C)cs1. The molecule has 1 unspecified atom stereocenters. The monoisotopic (exact) mass is 734 g/mol. The number of hydrogen-bond donors (Lipinski definition) is 1. The summed E-state index contributed by atoms with van der Waals surface area (Å²) in [6.07, 6.45) is 3.62. The lowest BCUT2D eigenvalue weighted by atomic mass is 9.86. The van der Waals surface area contributed by atoms with Crippen molar-refractivity contribution in [3.63, 3.8) is 0 Å². The summed E-state index contributed by atoms with van der Waals surface area (Å²) in [7, 11) is 3.64. The molecule has 11 heteroatoms. The molecule has 0 bridgehead atoms. The number of thiazole rings is 1. The molecule has 1 aliphatic heterocycles. The van der Waals surface area contributed by atoms with Crippen molar-refractivity contribution in [1.82, 2.24) is 20.1 Å². The Labute approximate surface area is 312 Å². The summed E-state index contributed by atoms with van der Waals surface area (Å²) in [5, 5.41) is 5.30. The molecule has 0 aliphatic carbocycles. The number of halogens is 1. The lowest BCUT2D eigenvalue weighted by molar-refractivity contribution is -0.148. The van der Waals surface area contributed by atoms with Gasteiger partial charge >= 0.3 is 5.97 Å². The number of benzene rings is 2. The summed E-state index contributed by atoms with van der Waals surface area (Å²) < 4.78 is 19.8. The highest BCUT2D eigenvalue weighted by Gasteiger charge is 2.36. The third-order valence-electron chi connectivity index (χ3n) is 9.94. The molecule has 2 aromatic carbocycles. The van der Waals surface area contributed by atoms with Crippen LogP contribution in [-0.2, 0) is 25.5 Å². The van der Waals surface area contributed by atoms with Crippen molar-refractivity contribution >= 4 is 34.9 Å². The number of ether oxygens (including phenoxy) is 1. The largest absolute Gasteiger partial charge is 0.455 e. The number of hydrogen-bond acceptors (Lipinski definition) is 8. The van der Waals surface area contributed by atoms with E-state index in [1.165, 1.54) is 30.4 Å². The minimum absolute atomic E-state index is 0.00493. The van der Waals surface area contributed by atoms with Crippen molar-refractivity contribution in [3.8, 4) is 0 Å². The maximum Gasteiger partial charge on any atom is 0.303 e. The van der Waals surface area contributed by atoms with E-state index in [0.717, 1.165) is 37.8 Å². The van der Waals surface area contributed by atoms with Crippen molar-refractivity contribution in [1.29, 1.82) is 0 Å². The molecule has 282 valence electrons. The predicted molar refractivity (Wildman–Crippen MR) is 203 cm³/mol. The molecule has 0 spiro atoms. The number of likely N-dealkylation sites (N-methyl/N-ethyl adjacent to an activating group) is 2. The smallest absolute Gasteiger partial charge is 0.303 e. The molecular formula is C41H55FN4O5S. The average Bonchev–Trinajstić information content (AvgIpc) is 3.60. The van der Waals surface area contributed by atoms with Crippen molar-refractivity contribution in [3.05, 3.63) is 87.6 Å². The molecule has 3 aromatic rings. The quantitative estimate of drug-likeness (QED) is 0.144. The highest BCUT2D eigenvalue weighted by atomic mass is 32.1. The van der Waals surface area contributed by atoms with Gasteiger partial charge in [0.2, 0.25) is 5.91 Å². The van der Waals surface area contributed by atoms with Gasteiger partial charge in [-0.15, -0.1) is 11.3 Å². The number of esters is 1. The van der Waals surface area contributed by atoms with Gasteiger partial charge in [-0.3, -0.25) is 24.1 Å². The van der Waals surface area contributed by atoms with Crippen LogP contribution in [0.15, 0.2) is 60.0 Å². The van der Waals surface area contributed by atoms with Crippen molar-refractivity contribution in [2.45, 2.75) is 110 Å². The summed E-state index contributed by atoms with van der Waals surface area (Å²) in [6.45, 7) is 10.4. The van der Waals surface area contributed by atoms with Crippen LogP contribution in [-0.4, -0.2) is 77.1 Å². The lowest BCUT2D eigenvalue weighted by Gasteiger charge is -2.36. The second-order valence-corrected chi connectivity index (χ2v) is 15.8. The van der Waals surface area contributed by atoms with Gasteiger partial charge in [-0.1, -0.05) is 76.6 Å². The van der Waals surface area contributed by atoms with Crippen LogP contribution in [0.1, 0.15) is 112 Å². The van der Waals surface area contributed by atoms with E-state index < -0.39 is 29.9 Å². The Morgan fingerprint density at radius 2 is 1.71 bits per heavy atom. The van der Waals surface area contributed by atoms with E-state index in [4.69, 9.17) is 4.74 Å². The molecule has 52 heavy (non-hydrogen) atoms. The van der Waals surface area contributed by atoms with Crippen LogP contribution < -0.4 is 5.32 Å². The summed E-state index contributed by atoms with van der Waals surface area (Å²) in [6, 6.07) is 15.0. The van der Waals surface area contributed by atoms with E-state index in [2.05, 4.69) is 29.0 Å². The topological polar surface area (TPSA) is 109 Å². The molecule has 9 nitrogen and oxygen atoms in total. The number of piperidine rings is 1. The van der Waals surface area contributed by atoms with Crippen LogP contribution >= 0.6 is 11.3 Å². The number of nitrogens with one attached hydrogen (secondary N) is 1. The molecule has 1 saturated heterocycles. The van der Waals surface area contributed by atoms with E-state index in [9.17, 15) is 23.6 Å². The van der Waals surface area contributed by atoms with Gasteiger partial charge < -0.3 is 15.0 Å². The Kier molecular flexibility index (Phi) is 15.1. The zero-order chi connectivity index (χ0) is 37.9. The molecule has 0 radical (unpaired) electrons. The fourth-order valence-electron chi connectivity index (χ4n) is 7.23. The Hall–Kier alpha value is -3.96. The standard InChI is InChI=1S/C41H55FN4O5S/c1-26(2)21-32(22-29-13-9-8-10-14-29)43-39(49)34-25-52-40(44-34)38(51-28(5)47)24-36(27(3)4)46(7)41(50)33(30-16-18-31(42)19-17-30)23-37(48)35-15-11-12-20-45(35)6/h8-10,13-14,16-19,25-27,32-33,35-36,38H,11-12,15,20-24H2,1-7H3,(H,43,49)/t32-,33?,35-,36-,38-/m1/s1. The number of aromatic nitrogens is 1. The molecular weight excluding hydrogens is 680 g/mol. The second-order valence-electron chi connectivity index (χ2n) is 14.9. The summed E-state index contributed by atoms with van der Waals surface area (Å²) >= 11 is 1.24. The fourth-order valence-corrected chi connectivity index (χ4v) is 8.07. The first kappa shape index (κ1) is 40.8. The average molecular weight is 735 g/mol. The molecule has 1 N–H and O–H groups in total. The molecule has 0 saturated carbocycles. The maximum absolute atomic E-state index is 14.4. The molecule has 2 heterocycles. The normalized spacial score (nSPS) is 17.3. The van der Waals surface area contributed by atoms with Gasteiger partial charge in [0.25, 0.3) is 5.91 Å². The molecule has 1 aromatic heterocycles. The highest BCUT2D eigenvalue weighted by Crippen LogP contribution is 2.33. The third kappa shape index (κ3) is 11.5. The van der Waals surface area contributed by atoms with Gasteiger partial charge in [0.05, 0.1) is 12.0 Å². The van der Waals surface area contributed by atoms with Gasteiger partial charge in [0.15, 0.2) is 11.9 Å². The zero-order valence-electron chi connectivity index (χ0n) is 31.6. The van der Waals surface area contributed by atoms with E-state index >= 15 is 0 Å². The van der Waals surface area contributed by atoms with Crippen LogP contribution in [0.2, 0.25) is 0 Å². The van der Waals surface area contributed by atoms with Gasteiger partial charge in [0, 0.05) is 44.3 Å². The first-order valence-electron chi connectivity index (χ1n) is 18.5. The van der Waals surface area contributed by atoms with Crippen molar-refractivity contribution in [2.24, 2.45) is 11.8 Å². The Bertz CT molecular complexity index is 1630. The van der Waals surface area contributed by atoms with Crippen LogP contribution in [0.3, 0.4) is 0 Å².